The number of nitrogens with zero attached hydrogens (tertiary/aromatic N) is 2. The largest absolute Gasteiger partial charge is 0.375 e. The Morgan fingerprint density at radius 3 is 2.62 bits per heavy atom. The van der Waals surface area contributed by atoms with E-state index in [1.165, 1.54) is 38.0 Å². The molecule has 0 N–H and O–H groups in total. The molecule has 3 fully saturated rings. The van der Waals surface area contributed by atoms with Gasteiger partial charge in [-0.25, -0.2) is 0 Å². The lowest BCUT2D eigenvalue weighted by atomic mass is 9.86. The molecule has 1 aromatic carbocycles. The van der Waals surface area contributed by atoms with Gasteiger partial charge in [-0.05, 0) is 37.3 Å². The molecule has 4 heteroatoms. The second-order valence-electron chi connectivity index (χ2n) is 5.89. The fraction of sp³-hybridized carbons (Fsp3) is 0.353. The van der Waals surface area contributed by atoms with Crippen molar-refractivity contribution in [2.45, 2.75) is 19.3 Å². The van der Waals surface area contributed by atoms with Crippen LogP contribution in [-0.4, -0.2) is 23.1 Å². The molecule has 3 aliphatic rings. The third-order valence-electron chi connectivity index (χ3n) is 4.50. The summed E-state index contributed by atoms with van der Waals surface area (Å²) in [6.07, 6.45) is 6.00. The average molecular weight is 301 g/mol. The van der Waals surface area contributed by atoms with Crippen molar-refractivity contribution in [3.05, 3.63) is 46.8 Å². The fourth-order valence-corrected chi connectivity index (χ4v) is 3.40. The van der Waals surface area contributed by atoms with Gasteiger partial charge >= 0.3 is 0 Å². The molecule has 21 heavy (non-hydrogen) atoms. The van der Waals surface area contributed by atoms with Gasteiger partial charge in [0, 0.05) is 41.5 Å². The predicted molar refractivity (Wildman–Crippen MR) is 83.8 cm³/mol. The summed E-state index contributed by atoms with van der Waals surface area (Å²) in [5, 5.41) is 4.89. The standard InChI is InChI=1S/C17H17ClN2O/c18-14-3-1-13(2-4-14)17-11-16(21-19-17)10-15-9-12-5-7-20(15)8-6-12/h1-4,10-12H,5-9H2/b15-10+. The first-order valence-electron chi connectivity index (χ1n) is 7.46. The number of fused-ring (bicyclic) bond motifs is 3. The molecule has 0 aliphatic carbocycles. The van der Waals surface area contributed by atoms with Gasteiger partial charge in [0.15, 0.2) is 5.76 Å². The van der Waals surface area contributed by atoms with Crippen LogP contribution in [0.1, 0.15) is 25.0 Å². The summed E-state index contributed by atoms with van der Waals surface area (Å²) in [6, 6.07) is 9.66. The lowest BCUT2D eigenvalue weighted by Gasteiger charge is -2.42. The van der Waals surface area contributed by atoms with Crippen molar-refractivity contribution in [3.63, 3.8) is 0 Å². The van der Waals surface area contributed by atoms with Crippen molar-refractivity contribution in [2.75, 3.05) is 13.1 Å². The van der Waals surface area contributed by atoms with Gasteiger partial charge in [0.2, 0.25) is 0 Å². The van der Waals surface area contributed by atoms with Crippen LogP contribution in [0.25, 0.3) is 17.3 Å². The zero-order valence-electron chi connectivity index (χ0n) is 11.8. The lowest BCUT2D eigenvalue weighted by molar-refractivity contribution is 0.162. The molecule has 4 heterocycles. The second-order valence-corrected chi connectivity index (χ2v) is 6.33. The number of halogens is 1. The molecule has 2 bridgehead atoms. The summed E-state index contributed by atoms with van der Waals surface area (Å²) < 4.78 is 5.47. The first kappa shape index (κ1) is 13.0. The molecule has 108 valence electrons. The molecule has 0 atom stereocenters. The maximum Gasteiger partial charge on any atom is 0.162 e. The maximum absolute atomic E-state index is 5.91. The summed E-state index contributed by atoms with van der Waals surface area (Å²) in [7, 11) is 0. The molecule has 5 rings (SSSR count). The lowest BCUT2D eigenvalue weighted by Crippen LogP contribution is -2.39. The van der Waals surface area contributed by atoms with Crippen LogP contribution in [0.4, 0.5) is 0 Å². The van der Waals surface area contributed by atoms with Gasteiger partial charge in [0.25, 0.3) is 0 Å². The van der Waals surface area contributed by atoms with Gasteiger partial charge in [0.05, 0.1) is 0 Å². The number of allylic oxidation sites excluding steroid dienone is 1. The zero-order valence-corrected chi connectivity index (χ0v) is 12.5. The number of aromatic nitrogens is 1. The van der Waals surface area contributed by atoms with Crippen LogP contribution in [0.2, 0.25) is 5.02 Å². The van der Waals surface area contributed by atoms with Crippen LogP contribution in [0.3, 0.4) is 0 Å². The van der Waals surface area contributed by atoms with E-state index in [0.29, 0.717) is 0 Å². The average Bonchev–Trinajstić information content (AvgIpc) is 2.98. The Labute approximate surface area is 129 Å². The van der Waals surface area contributed by atoms with E-state index >= 15 is 0 Å². The molecule has 0 spiro atoms. The molecule has 1 aromatic heterocycles. The van der Waals surface area contributed by atoms with Gasteiger partial charge in [-0.1, -0.05) is 28.9 Å². The predicted octanol–water partition coefficient (Wildman–Crippen LogP) is 4.45. The Hall–Kier alpha value is -1.74. The van der Waals surface area contributed by atoms with Crippen LogP contribution in [0.5, 0.6) is 0 Å². The molecule has 3 saturated heterocycles. The molecule has 0 amide bonds. The summed E-state index contributed by atoms with van der Waals surface area (Å²) >= 11 is 5.91. The van der Waals surface area contributed by atoms with Crippen LogP contribution in [0.15, 0.2) is 40.6 Å². The van der Waals surface area contributed by atoms with Crippen molar-refractivity contribution in [1.82, 2.24) is 10.1 Å². The van der Waals surface area contributed by atoms with Crippen LogP contribution in [0, 0.1) is 5.92 Å². The van der Waals surface area contributed by atoms with Crippen molar-refractivity contribution in [3.8, 4) is 11.3 Å². The van der Waals surface area contributed by atoms with E-state index in [2.05, 4.69) is 16.1 Å². The fourth-order valence-electron chi connectivity index (χ4n) is 3.28. The molecule has 0 radical (unpaired) electrons. The smallest absolute Gasteiger partial charge is 0.162 e. The van der Waals surface area contributed by atoms with E-state index < -0.39 is 0 Å². The van der Waals surface area contributed by atoms with E-state index in [1.54, 1.807) is 0 Å². The highest BCUT2D eigenvalue weighted by Gasteiger charge is 2.28. The Bertz CT molecular complexity index is 666. The molecule has 0 saturated carbocycles. The number of benzene rings is 1. The highest BCUT2D eigenvalue weighted by molar-refractivity contribution is 6.30. The first-order valence-corrected chi connectivity index (χ1v) is 7.84. The minimum Gasteiger partial charge on any atom is -0.375 e. The van der Waals surface area contributed by atoms with Gasteiger partial charge < -0.3 is 9.42 Å². The minimum atomic E-state index is 0.732. The molecule has 2 aromatic rings. The van der Waals surface area contributed by atoms with Gasteiger partial charge in [-0.3, -0.25) is 0 Å². The summed E-state index contributed by atoms with van der Waals surface area (Å²) in [4.78, 5) is 2.48. The zero-order chi connectivity index (χ0) is 14.2. The van der Waals surface area contributed by atoms with Crippen molar-refractivity contribution >= 4 is 17.7 Å². The van der Waals surface area contributed by atoms with Gasteiger partial charge in [0.1, 0.15) is 5.69 Å². The Morgan fingerprint density at radius 1 is 1.19 bits per heavy atom. The third kappa shape index (κ3) is 2.58. The molecule has 0 unspecified atom stereocenters. The number of rotatable bonds is 2. The van der Waals surface area contributed by atoms with E-state index in [4.69, 9.17) is 16.1 Å². The van der Waals surface area contributed by atoms with Gasteiger partial charge in [-0.2, -0.15) is 0 Å². The Morgan fingerprint density at radius 2 is 1.95 bits per heavy atom. The van der Waals surface area contributed by atoms with Crippen molar-refractivity contribution in [2.24, 2.45) is 5.92 Å². The SMILES string of the molecule is Clc1ccc(-c2cc(/C=C3\CC4CCN3CC4)on2)cc1. The number of hydrogen-bond donors (Lipinski definition) is 0. The van der Waals surface area contributed by atoms with Gasteiger partial charge in [-0.15, -0.1) is 0 Å². The van der Waals surface area contributed by atoms with E-state index in [9.17, 15) is 0 Å². The molecular formula is C17H17ClN2O. The monoisotopic (exact) mass is 300 g/mol. The Kier molecular flexibility index (Phi) is 3.23. The van der Waals surface area contributed by atoms with Crippen LogP contribution in [-0.2, 0) is 0 Å². The summed E-state index contributed by atoms with van der Waals surface area (Å²) in [5.41, 5.74) is 3.28. The number of piperidine rings is 3. The van der Waals surface area contributed by atoms with Crippen LogP contribution >= 0.6 is 11.6 Å². The highest BCUT2D eigenvalue weighted by Crippen LogP contribution is 2.35. The molecule has 3 nitrogen and oxygen atoms in total. The normalized spacial score (nSPS) is 20.4. The minimum absolute atomic E-state index is 0.732. The van der Waals surface area contributed by atoms with E-state index in [1.807, 2.05) is 30.3 Å². The second kappa shape index (κ2) is 5.23. The van der Waals surface area contributed by atoms with Crippen molar-refractivity contribution in [1.29, 1.82) is 0 Å². The summed E-state index contributed by atoms with van der Waals surface area (Å²) in [6.45, 7) is 2.38. The van der Waals surface area contributed by atoms with E-state index in [0.717, 1.165) is 28.0 Å². The molecule has 3 aliphatic heterocycles. The van der Waals surface area contributed by atoms with Crippen molar-refractivity contribution < 1.29 is 4.52 Å². The van der Waals surface area contributed by atoms with E-state index in [-0.39, 0.29) is 0 Å². The van der Waals surface area contributed by atoms with Crippen LogP contribution < -0.4 is 0 Å². The summed E-state index contributed by atoms with van der Waals surface area (Å²) in [5.74, 6) is 1.70. The third-order valence-corrected chi connectivity index (χ3v) is 4.75. The topological polar surface area (TPSA) is 29.3 Å². The first-order chi connectivity index (χ1) is 10.3. The maximum atomic E-state index is 5.91. The molecular weight excluding hydrogens is 284 g/mol. The quantitative estimate of drug-likeness (QED) is 0.820. The highest BCUT2D eigenvalue weighted by atomic mass is 35.5. The number of hydrogen-bond acceptors (Lipinski definition) is 3. The Balaban J connectivity index is 1.58.